The Hall–Kier alpha value is -2.69. The van der Waals surface area contributed by atoms with Crippen molar-refractivity contribution >= 4 is 16.6 Å². The van der Waals surface area contributed by atoms with E-state index in [2.05, 4.69) is 10.3 Å². The van der Waals surface area contributed by atoms with Gasteiger partial charge in [-0.3, -0.25) is 4.98 Å². The van der Waals surface area contributed by atoms with Crippen molar-refractivity contribution in [3.05, 3.63) is 65.9 Å². The molecule has 1 heterocycles. The van der Waals surface area contributed by atoms with Gasteiger partial charge in [-0.1, -0.05) is 12.1 Å². The fraction of sp³-hybridized carbons (Fsp3) is 0.118. The van der Waals surface area contributed by atoms with Gasteiger partial charge < -0.3 is 10.1 Å². The van der Waals surface area contributed by atoms with E-state index in [-0.39, 0.29) is 10.9 Å². The Kier molecular flexibility index (Phi) is 3.87. The van der Waals surface area contributed by atoms with Crippen molar-refractivity contribution in [2.45, 2.75) is 6.54 Å². The highest BCUT2D eigenvalue weighted by Gasteiger charge is 2.11. The number of hydrogen-bond donors (Lipinski definition) is 1. The topological polar surface area (TPSA) is 34.1 Å². The van der Waals surface area contributed by atoms with Crippen molar-refractivity contribution in [3.63, 3.8) is 0 Å². The highest BCUT2D eigenvalue weighted by atomic mass is 19.1. The molecule has 0 unspecified atom stereocenters. The first-order valence-electron chi connectivity index (χ1n) is 6.78. The number of hydrogen-bond acceptors (Lipinski definition) is 3. The Balaban J connectivity index is 1.89. The quantitative estimate of drug-likeness (QED) is 0.786. The number of aromatic nitrogens is 1. The normalized spacial score (nSPS) is 10.7. The number of nitrogens with one attached hydrogen (secondary N) is 1. The van der Waals surface area contributed by atoms with Gasteiger partial charge in [-0.2, -0.15) is 0 Å². The molecule has 0 aliphatic heterocycles. The van der Waals surface area contributed by atoms with E-state index in [0.29, 0.717) is 12.2 Å². The maximum absolute atomic E-state index is 14.0. The van der Waals surface area contributed by atoms with Gasteiger partial charge in [0.05, 0.1) is 12.5 Å². The predicted molar refractivity (Wildman–Crippen MR) is 82.0 cm³/mol. The second kappa shape index (κ2) is 5.97. The van der Waals surface area contributed by atoms with Crippen LogP contribution in [-0.4, -0.2) is 12.1 Å². The zero-order chi connectivity index (χ0) is 15.5. The SMILES string of the molecule is COc1ccc(CNc2ccnc3c(F)ccc(F)c23)cc1. The summed E-state index contributed by atoms with van der Waals surface area (Å²) in [6.45, 7) is 0.485. The molecule has 0 saturated carbocycles. The van der Waals surface area contributed by atoms with Gasteiger partial charge in [-0.05, 0) is 35.9 Å². The zero-order valence-corrected chi connectivity index (χ0v) is 11.9. The van der Waals surface area contributed by atoms with E-state index in [1.54, 1.807) is 13.2 Å². The lowest BCUT2D eigenvalue weighted by atomic mass is 10.1. The van der Waals surface area contributed by atoms with Gasteiger partial charge in [0.25, 0.3) is 0 Å². The molecule has 112 valence electrons. The van der Waals surface area contributed by atoms with E-state index < -0.39 is 11.6 Å². The lowest BCUT2D eigenvalue weighted by molar-refractivity contribution is 0.414. The van der Waals surface area contributed by atoms with Crippen LogP contribution in [0.15, 0.2) is 48.7 Å². The highest BCUT2D eigenvalue weighted by Crippen LogP contribution is 2.27. The predicted octanol–water partition coefficient (Wildman–Crippen LogP) is 4.13. The first-order chi connectivity index (χ1) is 10.7. The van der Waals surface area contributed by atoms with Crippen molar-refractivity contribution in [2.75, 3.05) is 12.4 Å². The molecule has 1 N–H and O–H groups in total. The van der Waals surface area contributed by atoms with Gasteiger partial charge in [0.2, 0.25) is 0 Å². The van der Waals surface area contributed by atoms with Gasteiger partial charge in [-0.25, -0.2) is 8.78 Å². The summed E-state index contributed by atoms with van der Waals surface area (Å²) in [5.41, 5.74) is 1.54. The van der Waals surface area contributed by atoms with Crippen LogP contribution in [0.25, 0.3) is 10.9 Å². The number of halogens is 2. The van der Waals surface area contributed by atoms with Crippen molar-refractivity contribution in [2.24, 2.45) is 0 Å². The number of methoxy groups -OCH3 is 1. The molecule has 3 aromatic rings. The first-order valence-corrected chi connectivity index (χ1v) is 6.78. The Morgan fingerprint density at radius 2 is 1.73 bits per heavy atom. The summed E-state index contributed by atoms with van der Waals surface area (Å²) in [5, 5.41) is 3.28. The summed E-state index contributed by atoms with van der Waals surface area (Å²) < 4.78 is 32.8. The van der Waals surface area contributed by atoms with Crippen molar-refractivity contribution in [1.82, 2.24) is 4.98 Å². The van der Waals surface area contributed by atoms with E-state index in [0.717, 1.165) is 23.4 Å². The van der Waals surface area contributed by atoms with Crippen molar-refractivity contribution in [3.8, 4) is 5.75 Å². The number of pyridine rings is 1. The van der Waals surface area contributed by atoms with Crippen LogP contribution in [0.5, 0.6) is 5.75 Å². The van der Waals surface area contributed by atoms with Crippen LogP contribution >= 0.6 is 0 Å². The molecular formula is C17H14F2N2O. The molecule has 0 spiro atoms. The van der Waals surface area contributed by atoms with Gasteiger partial charge in [0.1, 0.15) is 22.9 Å². The molecule has 0 aliphatic carbocycles. The van der Waals surface area contributed by atoms with E-state index in [1.807, 2.05) is 24.3 Å². The minimum absolute atomic E-state index is 0.0275. The number of rotatable bonds is 4. The fourth-order valence-electron chi connectivity index (χ4n) is 2.28. The molecule has 0 atom stereocenters. The molecule has 5 heteroatoms. The molecule has 3 rings (SSSR count). The molecule has 1 aromatic heterocycles. The average molecular weight is 300 g/mol. The Bertz CT molecular complexity index is 804. The van der Waals surface area contributed by atoms with E-state index in [4.69, 9.17) is 4.74 Å². The molecule has 0 saturated heterocycles. The molecule has 0 bridgehead atoms. The number of anilines is 1. The van der Waals surface area contributed by atoms with Crippen LogP contribution in [0.1, 0.15) is 5.56 Å². The second-order valence-corrected chi connectivity index (χ2v) is 4.81. The van der Waals surface area contributed by atoms with Crippen LogP contribution < -0.4 is 10.1 Å². The molecule has 0 amide bonds. The van der Waals surface area contributed by atoms with Gasteiger partial charge >= 0.3 is 0 Å². The molecule has 0 fully saturated rings. The van der Waals surface area contributed by atoms with Gasteiger partial charge in [-0.15, -0.1) is 0 Å². The fourth-order valence-corrected chi connectivity index (χ4v) is 2.28. The van der Waals surface area contributed by atoms with E-state index in [9.17, 15) is 8.78 Å². The molecule has 0 radical (unpaired) electrons. The second-order valence-electron chi connectivity index (χ2n) is 4.81. The van der Waals surface area contributed by atoms with Crippen molar-refractivity contribution in [1.29, 1.82) is 0 Å². The number of nitrogens with zero attached hydrogens (tertiary/aromatic N) is 1. The third-order valence-corrected chi connectivity index (χ3v) is 3.43. The average Bonchev–Trinajstić information content (AvgIpc) is 2.56. The Labute approximate surface area is 126 Å². The molecule has 0 aliphatic rings. The standard InChI is InChI=1S/C17H14F2N2O/c1-22-12-4-2-11(3-5-12)10-21-15-8-9-20-17-14(19)7-6-13(18)16(15)17/h2-9H,10H2,1H3,(H,20,21). The van der Waals surface area contributed by atoms with Gasteiger partial charge in [0.15, 0.2) is 0 Å². The Morgan fingerprint density at radius 1 is 1.00 bits per heavy atom. The van der Waals surface area contributed by atoms with E-state index in [1.165, 1.54) is 6.20 Å². The van der Waals surface area contributed by atoms with Crippen molar-refractivity contribution < 1.29 is 13.5 Å². The summed E-state index contributed by atoms with van der Waals surface area (Å²) in [4.78, 5) is 3.91. The summed E-state index contributed by atoms with van der Waals surface area (Å²) in [6.07, 6.45) is 1.46. The lowest BCUT2D eigenvalue weighted by Gasteiger charge is -2.11. The van der Waals surface area contributed by atoms with Crippen LogP contribution in [0.2, 0.25) is 0 Å². The number of ether oxygens (including phenoxy) is 1. The van der Waals surface area contributed by atoms with Crippen LogP contribution in [0.4, 0.5) is 14.5 Å². The Morgan fingerprint density at radius 3 is 2.45 bits per heavy atom. The summed E-state index contributed by atoms with van der Waals surface area (Å²) >= 11 is 0. The number of benzene rings is 2. The molecule has 3 nitrogen and oxygen atoms in total. The third-order valence-electron chi connectivity index (χ3n) is 3.43. The lowest BCUT2D eigenvalue weighted by Crippen LogP contribution is -2.02. The first kappa shape index (κ1) is 14.3. The number of fused-ring (bicyclic) bond motifs is 1. The molecule has 2 aromatic carbocycles. The molecular weight excluding hydrogens is 286 g/mol. The van der Waals surface area contributed by atoms with E-state index >= 15 is 0 Å². The third kappa shape index (κ3) is 2.70. The maximum Gasteiger partial charge on any atom is 0.149 e. The minimum atomic E-state index is -0.538. The highest BCUT2D eigenvalue weighted by molar-refractivity contribution is 5.91. The largest absolute Gasteiger partial charge is 0.497 e. The summed E-state index contributed by atoms with van der Waals surface area (Å²) in [5.74, 6) is -0.266. The summed E-state index contributed by atoms with van der Waals surface area (Å²) in [7, 11) is 1.60. The smallest absolute Gasteiger partial charge is 0.149 e. The van der Waals surface area contributed by atoms with Crippen LogP contribution in [0, 0.1) is 11.6 Å². The van der Waals surface area contributed by atoms with Crippen LogP contribution in [0.3, 0.4) is 0 Å². The molecule has 22 heavy (non-hydrogen) atoms. The maximum atomic E-state index is 14.0. The minimum Gasteiger partial charge on any atom is -0.497 e. The monoisotopic (exact) mass is 300 g/mol. The zero-order valence-electron chi connectivity index (χ0n) is 11.9. The van der Waals surface area contributed by atoms with Crippen LogP contribution in [-0.2, 0) is 6.54 Å². The summed E-state index contributed by atoms with van der Waals surface area (Å²) in [6, 6.07) is 11.3. The van der Waals surface area contributed by atoms with Gasteiger partial charge in [0, 0.05) is 18.4 Å².